The summed E-state index contributed by atoms with van der Waals surface area (Å²) in [6.07, 6.45) is 0. The Hall–Kier alpha value is -1.45. The van der Waals surface area contributed by atoms with Crippen molar-refractivity contribution >= 4 is 5.91 Å². The Kier molecular flexibility index (Phi) is 2.08. The first-order chi connectivity index (χ1) is 5.52. The van der Waals surface area contributed by atoms with Crippen molar-refractivity contribution in [1.82, 2.24) is 4.98 Å². The lowest BCUT2D eigenvalue weighted by molar-refractivity contribution is 0.0999. The number of pyridine rings is 1. The molecule has 0 unspecified atom stereocenters. The van der Waals surface area contributed by atoms with E-state index in [9.17, 15) is 9.18 Å². The molecule has 0 aromatic carbocycles. The fourth-order valence-corrected chi connectivity index (χ4v) is 0.950. The van der Waals surface area contributed by atoms with Gasteiger partial charge >= 0.3 is 0 Å². The van der Waals surface area contributed by atoms with Gasteiger partial charge in [-0.15, -0.1) is 0 Å². The van der Waals surface area contributed by atoms with Crippen molar-refractivity contribution in [2.24, 2.45) is 5.73 Å². The van der Waals surface area contributed by atoms with E-state index in [0.29, 0.717) is 5.69 Å². The second kappa shape index (κ2) is 2.89. The van der Waals surface area contributed by atoms with Gasteiger partial charge in [0.15, 0.2) is 0 Å². The lowest BCUT2D eigenvalue weighted by Crippen LogP contribution is -2.14. The molecule has 1 aromatic heterocycles. The monoisotopic (exact) mass is 168 g/mol. The van der Waals surface area contributed by atoms with E-state index < -0.39 is 11.7 Å². The van der Waals surface area contributed by atoms with Crippen LogP contribution in [0.4, 0.5) is 4.39 Å². The number of nitrogens with zero attached hydrogens (tertiary/aromatic N) is 1. The summed E-state index contributed by atoms with van der Waals surface area (Å²) >= 11 is 0. The molecule has 0 aliphatic rings. The van der Waals surface area contributed by atoms with E-state index in [1.54, 1.807) is 6.92 Å². The first kappa shape index (κ1) is 8.64. The van der Waals surface area contributed by atoms with Crippen LogP contribution in [0.3, 0.4) is 0 Å². The number of aryl methyl sites for hydroxylation is 2. The highest BCUT2D eigenvalue weighted by Gasteiger charge is 2.09. The number of carbonyl (C=O) groups is 1. The standard InChI is InChI=1S/C8H9FN2O/c1-4-6(8(10)12)3-7(9)5(2)11-4/h3H,1-2H3,(H2,10,12). The van der Waals surface area contributed by atoms with Crippen LogP contribution in [0.5, 0.6) is 0 Å². The zero-order valence-electron chi connectivity index (χ0n) is 6.89. The first-order valence-corrected chi connectivity index (χ1v) is 3.46. The molecule has 0 spiro atoms. The summed E-state index contributed by atoms with van der Waals surface area (Å²) < 4.78 is 12.8. The number of primary amides is 1. The zero-order valence-corrected chi connectivity index (χ0v) is 6.89. The average molecular weight is 168 g/mol. The maximum atomic E-state index is 12.8. The molecule has 3 nitrogen and oxygen atoms in total. The molecule has 12 heavy (non-hydrogen) atoms. The average Bonchev–Trinajstić information content (AvgIpc) is 1.96. The maximum absolute atomic E-state index is 12.8. The van der Waals surface area contributed by atoms with Crippen LogP contribution in [-0.2, 0) is 0 Å². The largest absolute Gasteiger partial charge is 0.366 e. The Morgan fingerprint density at radius 2 is 2.08 bits per heavy atom. The second-order valence-electron chi connectivity index (χ2n) is 2.55. The second-order valence-corrected chi connectivity index (χ2v) is 2.55. The molecule has 1 aromatic rings. The van der Waals surface area contributed by atoms with E-state index in [1.165, 1.54) is 6.92 Å². The molecular formula is C8H9FN2O. The lowest BCUT2D eigenvalue weighted by Gasteiger charge is -2.02. The third-order valence-corrected chi connectivity index (χ3v) is 1.61. The van der Waals surface area contributed by atoms with Crippen LogP contribution in [0.15, 0.2) is 6.07 Å². The minimum atomic E-state index is -0.654. The molecule has 0 fully saturated rings. The summed E-state index contributed by atoms with van der Waals surface area (Å²) in [4.78, 5) is 14.5. The third-order valence-electron chi connectivity index (χ3n) is 1.61. The van der Waals surface area contributed by atoms with Crippen LogP contribution in [-0.4, -0.2) is 10.9 Å². The Bertz CT molecular complexity index is 336. The predicted molar refractivity (Wildman–Crippen MR) is 42.2 cm³/mol. The van der Waals surface area contributed by atoms with E-state index in [1.807, 2.05) is 0 Å². The number of amides is 1. The van der Waals surface area contributed by atoms with Crippen molar-refractivity contribution < 1.29 is 9.18 Å². The minimum absolute atomic E-state index is 0.137. The van der Waals surface area contributed by atoms with Crippen LogP contribution in [0, 0.1) is 19.7 Å². The molecule has 1 rings (SSSR count). The Balaban J connectivity index is 3.33. The van der Waals surface area contributed by atoms with Crippen molar-refractivity contribution in [1.29, 1.82) is 0 Å². The number of rotatable bonds is 1. The fourth-order valence-electron chi connectivity index (χ4n) is 0.950. The molecule has 1 heterocycles. The van der Waals surface area contributed by atoms with E-state index >= 15 is 0 Å². The number of halogens is 1. The Morgan fingerprint density at radius 1 is 1.50 bits per heavy atom. The summed E-state index contributed by atoms with van der Waals surface area (Å²) in [5.41, 5.74) is 5.86. The van der Waals surface area contributed by atoms with Gasteiger partial charge in [0.2, 0.25) is 0 Å². The van der Waals surface area contributed by atoms with Gasteiger partial charge in [-0.05, 0) is 19.9 Å². The smallest absolute Gasteiger partial charge is 0.250 e. The quantitative estimate of drug-likeness (QED) is 0.678. The molecular weight excluding hydrogens is 159 g/mol. The van der Waals surface area contributed by atoms with Gasteiger partial charge in [0.1, 0.15) is 5.82 Å². The van der Waals surface area contributed by atoms with Crippen molar-refractivity contribution in [2.75, 3.05) is 0 Å². The lowest BCUT2D eigenvalue weighted by atomic mass is 10.2. The Labute approximate surface area is 69.4 Å². The first-order valence-electron chi connectivity index (χ1n) is 3.46. The van der Waals surface area contributed by atoms with Crippen LogP contribution in [0.1, 0.15) is 21.7 Å². The van der Waals surface area contributed by atoms with E-state index in [-0.39, 0.29) is 11.3 Å². The molecule has 0 saturated carbocycles. The van der Waals surface area contributed by atoms with Gasteiger partial charge in [0, 0.05) is 0 Å². The van der Waals surface area contributed by atoms with Gasteiger partial charge in [-0.3, -0.25) is 9.78 Å². The van der Waals surface area contributed by atoms with Gasteiger partial charge < -0.3 is 5.73 Å². The number of aromatic nitrogens is 1. The number of hydrogen-bond donors (Lipinski definition) is 1. The molecule has 0 atom stereocenters. The van der Waals surface area contributed by atoms with Crippen molar-refractivity contribution in [3.63, 3.8) is 0 Å². The third kappa shape index (κ3) is 1.42. The van der Waals surface area contributed by atoms with E-state index in [2.05, 4.69) is 4.98 Å². The zero-order chi connectivity index (χ0) is 9.30. The molecule has 4 heteroatoms. The topological polar surface area (TPSA) is 56.0 Å². The minimum Gasteiger partial charge on any atom is -0.366 e. The van der Waals surface area contributed by atoms with Gasteiger partial charge in [-0.1, -0.05) is 0 Å². The molecule has 0 bridgehead atoms. The maximum Gasteiger partial charge on any atom is 0.250 e. The van der Waals surface area contributed by atoms with Crippen molar-refractivity contribution in [3.8, 4) is 0 Å². The van der Waals surface area contributed by atoms with Crippen LogP contribution in [0.2, 0.25) is 0 Å². The molecule has 64 valence electrons. The number of carbonyl (C=O) groups excluding carboxylic acids is 1. The van der Waals surface area contributed by atoms with Gasteiger partial charge in [-0.25, -0.2) is 4.39 Å². The van der Waals surface area contributed by atoms with Gasteiger partial charge in [0.05, 0.1) is 17.0 Å². The molecule has 0 aliphatic heterocycles. The summed E-state index contributed by atoms with van der Waals surface area (Å²) in [5.74, 6) is -1.16. The molecule has 2 N–H and O–H groups in total. The van der Waals surface area contributed by atoms with Crippen LogP contribution >= 0.6 is 0 Å². The number of hydrogen-bond acceptors (Lipinski definition) is 2. The fraction of sp³-hybridized carbons (Fsp3) is 0.250. The summed E-state index contributed by atoms with van der Waals surface area (Å²) in [5, 5.41) is 0. The highest BCUT2D eigenvalue weighted by molar-refractivity contribution is 5.93. The highest BCUT2D eigenvalue weighted by Crippen LogP contribution is 2.09. The van der Waals surface area contributed by atoms with Crippen LogP contribution < -0.4 is 5.73 Å². The molecule has 0 radical (unpaired) electrons. The summed E-state index contributed by atoms with van der Waals surface area (Å²) in [6, 6.07) is 1.11. The highest BCUT2D eigenvalue weighted by atomic mass is 19.1. The molecule has 1 amide bonds. The summed E-state index contributed by atoms with van der Waals surface area (Å²) in [7, 11) is 0. The van der Waals surface area contributed by atoms with Crippen molar-refractivity contribution in [2.45, 2.75) is 13.8 Å². The van der Waals surface area contributed by atoms with Crippen LogP contribution in [0.25, 0.3) is 0 Å². The Morgan fingerprint density at radius 3 is 2.58 bits per heavy atom. The van der Waals surface area contributed by atoms with E-state index in [0.717, 1.165) is 6.07 Å². The van der Waals surface area contributed by atoms with E-state index in [4.69, 9.17) is 5.73 Å². The predicted octanol–water partition coefficient (Wildman–Crippen LogP) is 0.936. The van der Waals surface area contributed by atoms with Crippen molar-refractivity contribution in [3.05, 3.63) is 28.8 Å². The SMILES string of the molecule is Cc1nc(C)c(C(N)=O)cc1F. The molecule has 0 saturated heterocycles. The van der Waals surface area contributed by atoms with Gasteiger partial charge in [0.25, 0.3) is 5.91 Å². The van der Waals surface area contributed by atoms with Gasteiger partial charge in [-0.2, -0.15) is 0 Å². The summed E-state index contributed by atoms with van der Waals surface area (Å²) in [6.45, 7) is 3.15. The normalized spacial score (nSPS) is 9.92. The number of nitrogens with two attached hydrogens (primary N) is 1. The molecule has 0 aliphatic carbocycles.